The predicted octanol–water partition coefficient (Wildman–Crippen LogP) is 2.95. The Morgan fingerprint density at radius 1 is 1.30 bits per heavy atom. The number of amides is 1. The summed E-state index contributed by atoms with van der Waals surface area (Å²) in [5.41, 5.74) is 6.51. The SMILES string of the molecule is Cl.NC[C@H]1CCC[C@H]1C(=O)NC1CCCOc2ccc(F)cc21. The van der Waals surface area contributed by atoms with E-state index in [1.807, 2.05) is 0 Å². The van der Waals surface area contributed by atoms with E-state index in [4.69, 9.17) is 10.5 Å². The summed E-state index contributed by atoms with van der Waals surface area (Å²) in [4.78, 5) is 12.6. The fourth-order valence-electron chi connectivity index (χ4n) is 3.64. The molecule has 1 aromatic carbocycles. The Balaban J connectivity index is 0.00000192. The smallest absolute Gasteiger partial charge is 0.223 e. The van der Waals surface area contributed by atoms with Crippen molar-refractivity contribution in [2.75, 3.05) is 13.2 Å². The zero-order valence-corrected chi connectivity index (χ0v) is 13.9. The molecule has 1 aliphatic heterocycles. The van der Waals surface area contributed by atoms with Crippen LogP contribution in [-0.2, 0) is 4.79 Å². The number of rotatable bonds is 3. The number of hydrogen-bond acceptors (Lipinski definition) is 3. The molecule has 1 fully saturated rings. The first-order chi connectivity index (χ1) is 10.7. The molecule has 23 heavy (non-hydrogen) atoms. The molecule has 1 heterocycles. The van der Waals surface area contributed by atoms with Gasteiger partial charge in [-0.05, 0) is 56.3 Å². The third-order valence-electron chi connectivity index (χ3n) is 4.86. The second-order valence-corrected chi connectivity index (χ2v) is 6.27. The molecule has 1 unspecified atom stereocenters. The Morgan fingerprint density at radius 3 is 2.91 bits per heavy atom. The summed E-state index contributed by atoms with van der Waals surface area (Å²) in [5, 5.41) is 3.11. The molecule has 0 saturated heterocycles. The van der Waals surface area contributed by atoms with Gasteiger partial charge in [-0.1, -0.05) is 6.42 Å². The van der Waals surface area contributed by atoms with Crippen molar-refractivity contribution in [2.45, 2.75) is 38.1 Å². The third kappa shape index (κ3) is 3.96. The van der Waals surface area contributed by atoms with Crippen LogP contribution in [0.5, 0.6) is 5.75 Å². The molecule has 1 saturated carbocycles. The van der Waals surface area contributed by atoms with Crippen LogP contribution >= 0.6 is 12.4 Å². The number of halogens is 2. The molecule has 3 atom stereocenters. The van der Waals surface area contributed by atoms with Gasteiger partial charge in [0.25, 0.3) is 0 Å². The predicted molar refractivity (Wildman–Crippen MR) is 89.1 cm³/mol. The van der Waals surface area contributed by atoms with Crippen molar-refractivity contribution in [3.63, 3.8) is 0 Å². The molecule has 1 amide bonds. The van der Waals surface area contributed by atoms with Crippen molar-refractivity contribution in [1.29, 1.82) is 0 Å². The minimum Gasteiger partial charge on any atom is -0.493 e. The zero-order chi connectivity index (χ0) is 15.5. The van der Waals surface area contributed by atoms with Crippen LogP contribution in [0.1, 0.15) is 43.7 Å². The van der Waals surface area contributed by atoms with Gasteiger partial charge in [0, 0.05) is 11.5 Å². The van der Waals surface area contributed by atoms with E-state index in [0.717, 1.165) is 37.7 Å². The van der Waals surface area contributed by atoms with Gasteiger partial charge in [-0.25, -0.2) is 4.39 Å². The van der Waals surface area contributed by atoms with Crippen LogP contribution in [0, 0.1) is 17.7 Å². The Labute approximate surface area is 142 Å². The Kier molecular flexibility index (Phi) is 6.25. The van der Waals surface area contributed by atoms with Crippen molar-refractivity contribution in [1.82, 2.24) is 5.32 Å². The maximum absolute atomic E-state index is 13.6. The first-order valence-electron chi connectivity index (χ1n) is 8.11. The van der Waals surface area contributed by atoms with E-state index >= 15 is 0 Å². The lowest BCUT2D eigenvalue weighted by molar-refractivity contribution is -0.126. The molecule has 4 nitrogen and oxygen atoms in total. The number of benzene rings is 1. The van der Waals surface area contributed by atoms with Crippen molar-refractivity contribution in [3.8, 4) is 5.75 Å². The second kappa shape index (κ2) is 7.97. The highest BCUT2D eigenvalue weighted by Gasteiger charge is 2.33. The zero-order valence-electron chi connectivity index (χ0n) is 13.1. The number of hydrogen-bond donors (Lipinski definition) is 2. The molecule has 128 valence electrons. The van der Waals surface area contributed by atoms with E-state index in [9.17, 15) is 9.18 Å². The van der Waals surface area contributed by atoms with Crippen molar-refractivity contribution < 1.29 is 13.9 Å². The van der Waals surface area contributed by atoms with E-state index < -0.39 is 0 Å². The van der Waals surface area contributed by atoms with Gasteiger partial charge in [-0.2, -0.15) is 0 Å². The molecular formula is C17H24ClFN2O2. The monoisotopic (exact) mass is 342 g/mol. The van der Waals surface area contributed by atoms with Gasteiger partial charge in [0.2, 0.25) is 5.91 Å². The molecule has 3 N–H and O–H groups in total. The Hall–Kier alpha value is -1.33. The lowest BCUT2D eigenvalue weighted by Gasteiger charge is -2.23. The fourth-order valence-corrected chi connectivity index (χ4v) is 3.64. The second-order valence-electron chi connectivity index (χ2n) is 6.27. The third-order valence-corrected chi connectivity index (χ3v) is 4.86. The highest BCUT2D eigenvalue weighted by atomic mass is 35.5. The number of nitrogens with one attached hydrogen (secondary N) is 1. The van der Waals surface area contributed by atoms with Gasteiger partial charge in [0.05, 0.1) is 12.6 Å². The van der Waals surface area contributed by atoms with E-state index in [1.165, 1.54) is 12.1 Å². The molecule has 0 bridgehead atoms. The Morgan fingerprint density at radius 2 is 2.13 bits per heavy atom. The maximum atomic E-state index is 13.6. The maximum Gasteiger partial charge on any atom is 0.223 e. The van der Waals surface area contributed by atoms with Gasteiger partial charge < -0.3 is 15.8 Å². The Bertz CT molecular complexity index is 555. The molecule has 1 aliphatic carbocycles. The number of nitrogens with two attached hydrogens (primary N) is 1. The van der Waals surface area contributed by atoms with Gasteiger partial charge in [0.15, 0.2) is 0 Å². The van der Waals surface area contributed by atoms with Crippen LogP contribution in [0.2, 0.25) is 0 Å². The number of fused-ring (bicyclic) bond motifs is 1. The molecular weight excluding hydrogens is 319 g/mol. The van der Waals surface area contributed by atoms with E-state index in [1.54, 1.807) is 6.07 Å². The molecule has 0 aromatic heterocycles. The van der Waals surface area contributed by atoms with E-state index in [-0.39, 0.29) is 42.0 Å². The highest BCUT2D eigenvalue weighted by molar-refractivity contribution is 5.85. The van der Waals surface area contributed by atoms with E-state index in [0.29, 0.717) is 18.9 Å². The average Bonchev–Trinajstić information content (AvgIpc) is 2.92. The van der Waals surface area contributed by atoms with Crippen molar-refractivity contribution in [3.05, 3.63) is 29.6 Å². The van der Waals surface area contributed by atoms with Crippen LogP contribution in [-0.4, -0.2) is 19.1 Å². The summed E-state index contributed by atoms with van der Waals surface area (Å²) in [7, 11) is 0. The number of ether oxygens (including phenoxy) is 1. The minimum atomic E-state index is -0.302. The van der Waals surface area contributed by atoms with Crippen LogP contribution in [0.4, 0.5) is 4.39 Å². The summed E-state index contributed by atoms with van der Waals surface area (Å²) in [6.45, 7) is 1.15. The summed E-state index contributed by atoms with van der Waals surface area (Å²) in [5.74, 6) is 0.686. The quantitative estimate of drug-likeness (QED) is 0.887. The lowest BCUT2D eigenvalue weighted by Crippen LogP contribution is -2.37. The molecule has 0 spiro atoms. The lowest BCUT2D eigenvalue weighted by atomic mass is 9.94. The van der Waals surface area contributed by atoms with Gasteiger partial charge in [-0.15, -0.1) is 12.4 Å². The average molecular weight is 343 g/mol. The van der Waals surface area contributed by atoms with Gasteiger partial charge >= 0.3 is 0 Å². The molecule has 0 radical (unpaired) electrons. The summed E-state index contributed by atoms with van der Waals surface area (Å²) in [6, 6.07) is 4.33. The summed E-state index contributed by atoms with van der Waals surface area (Å²) >= 11 is 0. The van der Waals surface area contributed by atoms with Crippen LogP contribution in [0.3, 0.4) is 0 Å². The molecule has 3 rings (SSSR count). The van der Waals surface area contributed by atoms with Crippen LogP contribution in [0.25, 0.3) is 0 Å². The summed E-state index contributed by atoms with van der Waals surface area (Å²) < 4.78 is 19.2. The normalized spacial score (nSPS) is 26.4. The minimum absolute atomic E-state index is 0. The van der Waals surface area contributed by atoms with Crippen molar-refractivity contribution in [2.24, 2.45) is 17.6 Å². The first kappa shape index (κ1) is 18.0. The summed E-state index contributed by atoms with van der Waals surface area (Å²) in [6.07, 6.45) is 4.58. The number of carbonyl (C=O) groups excluding carboxylic acids is 1. The number of carbonyl (C=O) groups is 1. The fraction of sp³-hybridized carbons (Fsp3) is 0.588. The molecule has 2 aliphatic rings. The van der Waals surface area contributed by atoms with E-state index in [2.05, 4.69) is 5.32 Å². The largest absolute Gasteiger partial charge is 0.493 e. The van der Waals surface area contributed by atoms with Gasteiger partial charge in [-0.3, -0.25) is 4.79 Å². The van der Waals surface area contributed by atoms with Crippen LogP contribution < -0.4 is 15.8 Å². The molecule has 6 heteroatoms. The topological polar surface area (TPSA) is 64.4 Å². The highest BCUT2D eigenvalue weighted by Crippen LogP contribution is 2.35. The standard InChI is InChI=1S/C17H23FN2O2.ClH/c18-12-6-7-16-14(9-12)15(5-2-8-22-16)20-17(21)13-4-1-3-11(13)10-19;/h6-7,9,11,13,15H,1-5,8,10,19H2,(H,20,21);1H/t11-,13-,15?;/m1./s1. The van der Waals surface area contributed by atoms with Gasteiger partial charge in [0.1, 0.15) is 11.6 Å². The first-order valence-corrected chi connectivity index (χ1v) is 8.11. The van der Waals surface area contributed by atoms with Crippen molar-refractivity contribution >= 4 is 18.3 Å². The molecule has 1 aromatic rings. The van der Waals surface area contributed by atoms with Crippen LogP contribution in [0.15, 0.2) is 18.2 Å².